The number of nitrogens with zero attached hydrogens (tertiary/aromatic N) is 1. The number of hydrogen-bond donors (Lipinski definition) is 1. The van der Waals surface area contributed by atoms with Gasteiger partial charge in [0, 0.05) is 6.54 Å². The molecule has 0 amide bonds. The van der Waals surface area contributed by atoms with E-state index in [9.17, 15) is 8.42 Å². The van der Waals surface area contributed by atoms with Crippen molar-refractivity contribution in [1.29, 1.82) is 0 Å². The van der Waals surface area contributed by atoms with E-state index in [1.807, 2.05) is 0 Å². The summed E-state index contributed by atoms with van der Waals surface area (Å²) >= 11 is 11.8. The summed E-state index contributed by atoms with van der Waals surface area (Å²) in [5.74, 6) is 0. The summed E-state index contributed by atoms with van der Waals surface area (Å²) in [6.45, 7) is 0.458. The maximum atomic E-state index is 12.5. The number of hydrogen-bond acceptors (Lipinski definition) is 4. The van der Waals surface area contributed by atoms with Crippen LogP contribution in [-0.2, 0) is 10.0 Å². The number of thiocarbonyl (C=S) groups is 1. The smallest absolute Gasteiger partial charge is 0.253 e. The minimum absolute atomic E-state index is 0.237. The second-order valence-electron chi connectivity index (χ2n) is 4.09. The van der Waals surface area contributed by atoms with Crippen molar-refractivity contribution in [2.45, 2.75) is 29.5 Å². The molecule has 0 radical (unpaired) electrons. The van der Waals surface area contributed by atoms with E-state index in [0.29, 0.717) is 17.3 Å². The fraction of sp³-hybridized carbons (Fsp3) is 0.500. The van der Waals surface area contributed by atoms with E-state index >= 15 is 0 Å². The largest absolute Gasteiger partial charge is 0.392 e. The average molecular weight is 325 g/mol. The molecule has 1 aliphatic rings. The van der Waals surface area contributed by atoms with Crippen LogP contribution in [0.2, 0.25) is 4.34 Å². The number of halogens is 1. The Bertz CT molecular complexity index is 555. The van der Waals surface area contributed by atoms with Crippen molar-refractivity contribution in [3.63, 3.8) is 0 Å². The molecule has 2 rings (SSSR count). The molecule has 4 nitrogen and oxygen atoms in total. The maximum Gasteiger partial charge on any atom is 0.253 e. The van der Waals surface area contributed by atoms with Gasteiger partial charge in [0.15, 0.2) is 0 Å². The summed E-state index contributed by atoms with van der Waals surface area (Å²) in [5, 5.41) is 0. The molecule has 1 aliphatic heterocycles. The summed E-state index contributed by atoms with van der Waals surface area (Å²) in [5.41, 5.74) is 5.64. The van der Waals surface area contributed by atoms with Crippen LogP contribution in [0.3, 0.4) is 0 Å². The van der Waals surface area contributed by atoms with E-state index < -0.39 is 10.0 Å². The Morgan fingerprint density at radius 2 is 2.22 bits per heavy atom. The lowest BCUT2D eigenvalue weighted by atomic mass is 10.1. The Morgan fingerprint density at radius 1 is 1.50 bits per heavy atom. The third kappa shape index (κ3) is 2.70. The maximum absolute atomic E-state index is 12.5. The van der Waals surface area contributed by atoms with Crippen molar-refractivity contribution >= 4 is 50.2 Å². The first kappa shape index (κ1) is 14.2. The second kappa shape index (κ2) is 5.42. The van der Waals surface area contributed by atoms with Gasteiger partial charge >= 0.3 is 0 Å². The molecule has 1 unspecified atom stereocenters. The predicted octanol–water partition coefficient (Wildman–Crippen LogP) is 2.23. The Labute approximate surface area is 121 Å². The summed E-state index contributed by atoms with van der Waals surface area (Å²) < 4.78 is 27.1. The van der Waals surface area contributed by atoms with Crippen molar-refractivity contribution < 1.29 is 8.42 Å². The minimum Gasteiger partial charge on any atom is -0.392 e. The highest BCUT2D eigenvalue weighted by molar-refractivity contribution is 7.91. The zero-order valence-corrected chi connectivity index (χ0v) is 12.7. The third-order valence-electron chi connectivity index (χ3n) is 2.89. The number of nitrogens with two attached hydrogens (primary N) is 1. The Kier molecular flexibility index (Phi) is 4.28. The summed E-state index contributed by atoms with van der Waals surface area (Å²) in [7, 11) is -3.54. The minimum atomic E-state index is -3.54. The van der Waals surface area contributed by atoms with Crippen LogP contribution in [0.4, 0.5) is 0 Å². The molecular formula is C10H13ClN2O2S3. The molecule has 0 saturated carbocycles. The Hall–Kier alpha value is -0.210. The van der Waals surface area contributed by atoms with Crippen LogP contribution in [0.5, 0.6) is 0 Å². The second-order valence-corrected chi connectivity index (χ2v) is 8.39. The van der Waals surface area contributed by atoms with Crippen molar-refractivity contribution in [1.82, 2.24) is 4.31 Å². The van der Waals surface area contributed by atoms with Crippen LogP contribution in [0.1, 0.15) is 19.3 Å². The van der Waals surface area contributed by atoms with Gasteiger partial charge in [-0.2, -0.15) is 4.31 Å². The average Bonchev–Trinajstić information content (AvgIpc) is 2.76. The number of rotatable bonds is 3. The van der Waals surface area contributed by atoms with E-state index in [-0.39, 0.29) is 15.2 Å². The number of sulfonamides is 1. The van der Waals surface area contributed by atoms with Gasteiger partial charge in [-0.1, -0.05) is 30.2 Å². The van der Waals surface area contributed by atoms with Gasteiger partial charge in [-0.3, -0.25) is 0 Å². The molecule has 1 fully saturated rings. The monoisotopic (exact) mass is 324 g/mol. The lowest BCUT2D eigenvalue weighted by molar-refractivity contribution is 0.307. The molecule has 0 aromatic carbocycles. The topological polar surface area (TPSA) is 63.4 Å². The summed E-state index contributed by atoms with van der Waals surface area (Å²) in [4.78, 5) is 0.237. The number of thiophene rings is 1. The van der Waals surface area contributed by atoms with E-state index in [0.717, 1.165) is 24.2 Å². The highest BCUT2D eigenvalue weighted by Crippen LogP contribution is 2.31. The van der Waals surface area contributed by atoms with Crippen LogP contribution >= 0.6 is 35.2 Å². The predicted molar refractivity (Wildman–Crippen MR) is 77.6 cm³/mol. The molecule has 1 aromatic rings. The molecule has 0 aliphatic carbocycles. The normalized spacial score (nSPS) is 21.9. The lowest BCUT2D eigenvalue weighted by Gasteiger charge is -2.33. The molecule has 0 bridgehead atoms. The van der Waals surface area contributed by atoms with Gasteiger partial charge in [0.05, 0.1) is 15.4 Å². The highest BCUT2D eigenvalue weighted by atomic mass is 35.5. The molecule has 1 saturated heterocycles. The van der Waals surface area contributed by atoms with E-state index in [2.05, 4.69) is 0 Å². The zero-order valence-electron chi connectivity index (χ0n) is 9.50. The molecule has 2 heterocycles. The van der Waals surface area contributed by atoms with Gasteiger partial charge in [0.25, 0.3) is 10.0 Å². The van der Waals surface area contributed by atoms with Gasteiger partial charge in [-0.25, -0.2) is 8.42 Å². The zero-order chi connectivity index (χ0) is 13.3. The first-order chi connectivity index (χ1) is 8.43. The van der Waals surface area contributed by atoms with Crippen LogP contribution in [0.15, 0.2) is 16.3 Å². The van der Waals surface area contributed by atoms with Crippen LogP contribution in [-0.4, -0.2) is 30.3 Å². The Morgan fingerprint density at radius 3 is 2.78 bits per heavy atom. The first-order valence-corrected chi connectivity index (χ1v) is 8.53. The van der Waals surface area contributed by atoms with Gasteiger partial charge in [0.1, 0.15) is 4.21 Å². The fourth-order valence-corrected chi connectivity index (χ4v) is 5.63. The van der Waals surface area contributed by atoms with Crippen LogP contribution in [0.25, 0.3) is 0 Å². The molecule has 2 N–H and O–H groups in total. The lowest BCUT2D eigenvalue weighted by Crippen LogP contribution is -2.49. The Balaban J connectivity index is 2.36. The molecule has 1 atom stereocenters. The first-order valence-electron chi connectivity index (χ1n) is 5.49. The van der Waals surface area contributed by atoms with Crippen molar-refractivity contribution in [3.05, 3.63) is 16.5 Å². The van der Waals surface area contributed by atoms with Gasteiger partial charge in [-0.05, 0) is 25.0 Å². The van der Waals surface area contributed by atoms with Crippen molar-refractivity contribution in [2.24, 2.45) is 5.73 Å². The van der Waals surface area contributed by atoms with E-state index in [1.54, 1.807) is 6.07 Å². The van der Waals surface area contributed by atoms with Gasteiger partial charge in [0.2, 0.25) is 0 Å². The molecule has 1 aromatic heterocycles. The summed E-state index contributed by atoms with van der Waals surface area (Å²) in [6.07, 6.45) is 2.46. The van der Waals surface area contributed by atoms with Crippen LogP contribution in [0, 0.1) is 0 Å². The van der Waals surface area contributed by atoms with Crippen LogP contribution < -0.4 is 5.73 Å². The molecule has 100 valence electrons. The molecule has 0 spiro atoms. The van der Waals surface area contributed by atoms with Gasteiger partial charge < -0.3 is 5.73 Å². The van der Waals surface area contributed by atoms with Crippen molar-refractivity contribution in [3.8, 4) is 0 Å². The fourth-order valence-electron chi connectivity index (χ4n) is 2.03. The van der Waals surface area contributed by atoms with E-state index in [4.69, 9.17) is 29.6 Å². The molecule has 18 heavy (non-hydrogen) atoms. The number of piperidine rings is 1. The quantitative estimate of drug-likeness (QED) is 0.866. The highest BCUT2D eigenvalue weighted by Gasteiger charge is 2.35. The molecular weight excluding hydrogens is 312 g/mol. The van der Waals surface area contributed by atoms with Crippen molar-refractivity contribution in [2.75, 3.05) is 6.54 Å². The third-order valence-corrected chi connectivity index (χ3v) is 6.77. The summed E-state index contributed by atoms with van der Waals surface area (Å²) in [6, 6.07) is 2.73. The standard InChI is InChI=1S/C10H13ClN2O2S3/c11-8-4-5-9(17-8)18(14,15)13-6-2-1-3-7(13)10(12)16/h4-5,7H,1-3,6H2,(H2,12,16). The SMILES string of the molecule is NC(=S)C1CCCCN1S(=O)(=O)c1ccc(Cl)s1. The van der Waals surface area contributed by atoms with Gasteiger partial charge in [-0.15, -0.1) is 11.3 Å². The van der Waals surface area contributed by atoms with E-state index in [1.165, 1.54) is 10.4 Å². The molecule has 8 heteroatoms.